The van der Waals surface area contributed by atoms with Gasteiger partial charge in [0.05, 0.1) is 11.5 Å². The molecule has 5 heteroatoms. The average molecular weight is 407 g/mol. The van der Waals surface area contributed by atoms with Crippen LogP contribution in [-0.2, 0) is 0 Å². The molecule has 0 aliphatic heterocycles. The lowest BCUT2D eigenvalue weighted by Crippen LogP contribution is -1.98. The molecule has 30 heavy (non-hydrogen) atoms. The number of hydrogen-bond acceptors (Lipinski definition) is 4. The first-order valence-electron chi connectivity index (χ1n) is 9.49. The summed E-state index contributed by atoms with van der Waals surface area (Å²) >= 11 is 6.32. The van der Waals surface area contributed by atoms with Gasteiger partial charge in [0.1, 0.15) is 17.7 Å². The van der Waals surface area contributed by atoms with Gasteiger partial charge in [0, 0.05) is 17.2 Å². The Balaban J connectivity index is 1.56. The third-order valence-electron chi connectivity index (χ3n) is 5.20. The van der Waals surface area contributed by atoms with E-state index in [1.165, 1.54) is 0 Å². The second-order valence-corrected chi connectivity index (χ2v) is 7.35. The Morgan fingerprint density at radius 1 is 0.833 bits per heavy atom. The monoisotopic (exact) mass is 406 g/mol. The maximum atomic E-state index is 6.32. The van der Waals surface area contributed by atoms with Crippen LogP contribution in [0.1, 0.15) is 11.3 Å². The van der Waals surface area contributed by atoms with Crippen molar-refractivity contribution in [3.8, 4) is 22.8 Å². The van der Waals surface area contributed by atoms with Crippen molar-refractivity contribution in [2.75, 3.05) is 0 Å². The summed E-state index contributed by atoms with van der Waals surface area (Å²) in [6.45, 7) is 0. The summed E-state index contributed by atoms with van der Waals surface area (Å²) in [6.07, 6.45) is 8.74. The second kappa shape index (κ2) is 6.60. The maximum absolute atomic E-state index is 6.32. The van der Waals surface area contributed by atoms with Gasteiger partial charge in [-0.15, -0.1) is 0 Å². The normalized spacial score (nSPS) is 12.3. The quantitative estimate of drug-likeness (QED) is 0.310. The van der Waals surface area contributed by atoms with E-state index < -0.39 is 0 Å². The number of rotatable bonds is 2. The zero-order chi connectivity index (χ0) is 20.1. The lowest BCUT2D eigenvalue weighted by molar-refractivity contribution is 0.603. The van der Waals surface area contributed by atoms with E-state index in [1.54, 1.807) is 0 Å². The minimum absolute atomic E-state index is 0.154. The number of halogens is 1. The SMILES string of the molecule is Clc1nc(-c2ccc3ccccc3c2)nc(-c2cccc3oc4c(c23)C=C[C+]=C4)n1. The van der Waals surface area contributed by atoms with Crippen molar-refractivity contribution in [2.24, 2.45) is 0 Å². The van der Waals surface area contributed by atoms with Crippen LogP contribution in [0, 0.1) is 6.08 Å². The van der Waals surface area contributed by atoms with Gasteiger partial charge in [-0.3, -0.25) is 0 Å². The molecule has 0 unspecified atom stereocenters. The number of furan rings is 1. The van der Waals surface area contributed by atoms with Crippen molar-refractivity contribution in [1.29, 1.82) is 0 Å². The Kier molecular flexibility index (Phi) is 3.75. The summed E-state index contributed by atoms with van der Waals surface area (Å²) in [7, 11) is 0. The van der Waals surface area contributed by atoms with Crippen molar-refractivity contribution < 1.29 is 4.42 Å². The zero-order valence-corrected chi connectivity index (χ0v) is 16.4. The van der Waals surface area contributed by atoms with Gasteiger partial charge in [-0.2, -0.15) is 9.97 Å². The summed E-state index contributed by atoms with van der Waals surface area (Å²) < 4.78 is 5.97. The first kappa shape index (κ1) is 17.0. The van der Waals surface area contributed by atoms with Crippen LogP contribution in [0.4, 0.5) is 0 Å². The lowest BCUT2D eigenvalue weighted by atomic mass is 10.0. The van der Waals surface area contributed by atoms with Gasteiger partial charge in [-0.05, 0) is 34.5 Å². The van der Waals surface area contributed by atoms with E-state index in [0.717, 1.165) is 44.2 Å². The molecule has 1 aliphatic rings. The third kappa shape index (κ3) is 2.71. The first-order chi connectivity index (χ1) is 14.8. The summed E-state index contributed by atoms with van der Waals surface area (Å²) in [6, 6.07) is 20.1. The highest BCUT2D eigenvalue weighted by atomic mass is 35.5. The molecule has 4 nitrogen and oxygen atoms in total. The zero-order valence-electron chi connectivity index (χ0n) is 15.6. The second-order valence-electron chi connectivity index (χ2n) is 7.02. The molecule has 0 atom stereocenters. The van der Waals surface area contributed by atoms with E-state index in [4.69, 9.17) is 21.0 Å². The average Bonchev–Trinajstić information content (AvgIpc) is 3.17. The van der Waals surface area contributed by atoms with Crippen LogP contribution >= 0.6 is 11.6 Å². The van der Waals surface area contributed by atoms with Gasteiger partial charge < -0.3 is 4.42 Å². The fourth-order valence-corrected chi connectivity index (χ4v) is 3.99. The largest absolute Gasteiger partial charge is 0.396 e. The fourth-order valence-electron chi connectivity index (χ4n) is 3.83. The van der Waals surface area contributed by atoms with Crippen LogP contribution in [0.15, 0.2) is 71.2 Å². The molecule has 2 heterocycles. The van der Waals surface area contributed by atoms with Crippen LogP contribution in [0.2, 0.25) is 5.28 Å². The Labute approximate surface area is 177 Å². The predicted octanol–water partition coefficient (Wildman–Crippen LogP) is 6.60. The smallest absolute Gasteiger partial charge is 0.250 e. The van der Waals surface area contributed by atoms with E-state index in [0.29, 0.717) is 11.6 Å². The van der Waals surface area contributed by atoms with E-state index in [9.17, 15) is 0 Å². The number of benzene rings is 3. The predicted molar refractivity (Wildman–Crippen MR) is 120 cm³/mol. The molecule has 6 rings (SSSR count). The molecule has 0 saturated heterocycles. The van der Waals surface area contributed by atoms with Crippen molar-refractivity contribution in [3.05, 3.63) is 89.4 Å². The molecule has 2 aromatic heterocycles. The summed E-state index contributed by atoms with van der Waals surface area (Å²) in [5, 5.41) is 3.38. The molecule has 0 bridgehead atoms. The molecule has 0 N–H and O–H groups in total. The molecule has 0 amide bonds. The fraction of sp³-hybridized carbons (Fsp3) is 0. The Hall–Kier alpha value is -3.85. The van der Waals surface area contributed by atoms with Crippen LogP contribution in [0.25, 0.3) is 56.7 Å². The number of nitrogens with zero attached hydrogens (tertiary/aromatic N) is 3. The minimum Gasteiger partial charge on any atom is -0.396 e. The Morgan fingerprint density at radius 2 is 1.70 bits per heavy atom. The molecular weight excluding hydrogens is 394 g/mol. The number of fused-ring (bicyclic) bond motifs is 4. The van der Waals surface area contributed by atoms with Gasteiger partial charge in [0.15, 0.2) is 17.2 Å². The highest BCUT2D eigenvalue weighted by molar-refractivity contribution is 6.28. The Morgan fingerprint density at radius 3 is 2.63 bits per heavy atom. The molecule has 0 radical (unpaired) electrons. The number of aromatic nitrogens is 3. The van der Waals surface area contributed by atoms with E-state index in [2.05, 4.69) is 40.3 Å². The van der Waals surface area contributed by atoms with E-state index >= 15 is 0 Å². The third-order valence-corrected chi connectivity index (χ3v) is 5.37. The van der Waals surface area contributed by atoms with Gasteiger partial charge >= 0.3 is 0 Å². The highest BCUT2D eigenvalue weighted by Gasteiger charge is 2.24. The summed E-state index contributed by atoms with van der Waals surface area (Å²) in [5.74, 6) is 1.82. The van der Waals surface area contributed by atoms with Crippen LogP contribution in [0.5, 0.6) is 0 Å². The highest BCUT2D eigenvalue weighted by Crippen LogP contribution is 2.37. The van der Waals surface area contributed by atoms with Crippen molar-refractivity contribution in [1.82, 2.24) is 15.0 Å². The first-order valence-corrected chi connectivity index (χ1v) is 9.86. The van der Waals surface area contributed by atoms with Crippen LogP contribution in [0.3, 0.4) is 0 Å². The van der Waals surface area contributed by atoms with Crippen molar-refractivity contribution in [3.63, 3.8) is 0 Å². The molecule has 140 valence electrons. The lowest BCUT2D eigenvalue weighted by Gasteiger charge is -2.07. The van der Waals surface area contributed by atoms with E-state index in [1.807, 2.05) is 54.6 Å². The molecule has 0 spiro atoms. The van der Waals surface area contributed by atoms with Gasteiger partial charge in [-0.1, -0.05) is 48.5 Å². The number of allylic oxidation sites excluding steroid dienone is 2. The van der Waals surface area contributed by atoms with Crippen molar-refractivity contribution in [2.45, 2.75) is 0 Å². The van der Waals surface area contributed by atoms with Gasteiger partial charge in [-0.25, -0.2) is 4.98 Å². The topological polar surface area (TPSA) is 51.8 Å². The summed E-state index contributed by atoms with van der Waals surface area (Å²) in [5.41, 5.74) is 3.50. The number of hydrogen-bond donors (Lipinski definition) is 0. The molecule has 3 aromatic carbocycles. The minimum atomic E-state index is 0.154. The molecule has 1 aliphatic carbocycles. The Bertz CT molecular complexity index is 1510. The summed E-state index contributed by atoms with van der Waals surface area (Å²) in [4.78, 5) is 13.6. The van der Waals surface area contributed by atoms with Crippen molar-refractivity contribution >= 4 is 45.5 Å². The van der Waals surface area contributed by atoms with Gasteiger partial charge in [0.2, 0.25) is 11.0 Å². The van der Waals surface area contributed by atoms with Gasteiger partial charge in [0.25, 0.3) is 0 Å². The molecular formula is C25H13ClN3O+. The molecule has 5 aromatic rings. The molecule has 0 fully saturated rings. The van der Waals surface area contributed by atoms with E-state index in [-0.39, 0.29) is 5.28 Å². The van der Waals surface area contributed by atoms with Crippen LogP contribution in [-0.4, -0.2) is 15.0 Å². The standard InChI is InChI=1S/C25H13ClN3O/c26-25-28-23(17-13-12-15-6-1-2-7-16(15)14-17)27-24(29-25)19-9-5-11-21-22(19)18-8-3-4-10-20(18)30-21/h1-3,5-14H/q+1. The molecule has 0 saturated carbocycles. The maximum Gasteiger partial charge on any atom is 0.250 e. The van der Waals surface area contributed by atoms with Crippen LogP contribution < -0.4 is 0 Å².